The Bertz CT molecular complexity index is 1040. The zero-order valence-corrected chi connectivity index (χ0v) is 18.4. The van der Waals surface area contributed by atoms with Crippen molar-refractivity contribution in [2.24, 2.45) is 0 Å². The highest BCUT2D eigenvalue weighted by Gasteiger charge is 2.51. The minimum Gasteiger partial charge on any atom is -0.463 e. The van der Waals surface area contributed by atoms with Gasteiger partial charge in [-0.15, -0.1) is 0 Å². The maximum atomic E-state index is 11.9. The summed E-state index contributed by atoms with van der Waals surface area (Å²) in [5.74, 6) is -1.19. The quantitative estimate of drug-likeness (QED) is 0.445. The van der Waals surface area contributed by atoms with Crippen molar-refractivity contribution in [1.82, 2.24) is 19.5 Å². The molecule has 13 heteroatoms. The van der Waals surface area contributed by atoms with Crippen molar-refractivity contribution in [2.45, 2.75) is 57.8 Å². The van der Waals surface area contributed by atoms with Crippen molar-refractivity contribution >= 4 is 34.9 Å². The van der Waals surface area contributed by atoms with Crippen LogP contribution in [0.4, 0.5) is 5.82 Å². The van der Waals surface area contributed by atoms with Crippen LogP contribution in [0.1, 0.15) is 33.4 Å². The van der Waals surface area contributed by atoms with E-state index in [1.807, 2.05) is 0 Å². The van der Waals surface area contributed by atoms with Gasteiger partial charge in [-0.25, -0.2) is 15.0 Å². The summed E-state index contributed by atoms with van der Waals surface area (Å²) in [5, 5.41) is 3.30. The number of imidazole rings is 1. The van der Waals surface area contributed by atoms with Gasteiger partial charge in [0.1, 0.15) is 19.0 Å². The molecule has 13 nitrogen and oxygen atoms in total. The van der Waals surface area contributed by atoms with Gasteiger partial charge >= 0.3 is 17.9 Å². The van der Waals surface area contributed by atoms with E-state index in [9.17, 15) is 14.4 Å². The van der Waals surface area contributed by atoms with Crippen LogP contribution in [-0.2, 0) is 38.1 Å². The van der Waals surface area contributed by atoms with Crippen molar-refractivity contribution in [3.63, 3.8) is 0 Å². The van der Waals surface area contributed by atoms with E-state index in [0.717, 1.165) is 6.42 Å². The first-order valence-corrected chi connectivity index (χ1v) is 10.5. The third kappa shape index (κ3) is 5.03. The van der Waals surface area contributed by atoms with Gasteiger partial charge in [0.25, 0.3) is 0 Å². The lowest BCUT2D eigenvalue weighted by molar-refractivity contribution is -0.166. The minimum atomic E-state index is -1.03. The summed E-state index contributed by atoms with van der Waals surface area (Å²) in [6.45, 7) is 4.75. The summed E-state index contributed by atoms with van der Waals surface area (Å²) < 4.78 is 29.0. The highest BCUT2D eigenvalue weighted by molar-refractivity contribution is 5.83. The number of anilines is 1. The van der Waals surface area contributed by atoms with Gasteiger partial charge in [-0.3, -0.25) is 19.0 Å². The molecule has 2 saturated heterocycles. The van der Waals surface area contributed by atoms with Crippen molar-refractivity contribution in [2.75, 3.05) is 25.1 Å². The number of hydrogen-bond donors (Lipinski definition) is 1. The molecule has 2 aliphatic rings. The molecule has 2 fully saturated rings. The molecule has 4 heterocycles. The van der Waals surface area contributed by atoms with Crippen LogP contribution in [0.2, 0.25) is 0 Å². The second kappa shape index (κ2) is 9.67. The van der Waals surface area contributed by atoms with Crippen LogP contribution in [0.15, 0.2) is 12.7 Å². The topological polar surface area (TPSA) is 153 Å². The molecule has 4 rings (SSSR count). The number of nitrogens with one attached hydrogen (secondary N) is 1. The number of fused-ring (bicyclic) bond motifs is 1. The van der Waals surface area contributed by atoms with Gasteiger partial charge in [0.2, 0.25) is 0 Å². The molecule has 0 spiro atoms. The molecule has 0 aliphatic carbocycles. The molecule has 5 unspecified atom stereocenters. The second-order valence-electron chi connectivity index (χ2n) is 7.77. The van der Waals surface area contributed by atoms with Crippen LogP contribution in [0.25, 0.3) is 11.2 Å². The fourth-order valence-corrected chi connectivity index (χ4v) is 3.90. The van der Waals surface area contributed by atoms with Crippen LogP contribution in [0, 0.1) is 0 Å². The van der Waals surface area contributed by atoms with E-state index in [0.29, 0.717) is 30.2 Å². The smallest absolute Gasteiger partial charge is 0.303 e. The first-order chi connectivity index (χ1) is 15.8. The van der Waals surface area contributed by atoms with Gasteiger partial charge in [-0.2, -0.15) is 0 Å². The summed E-state index contributed by atoms with van der Waals surface area (Å²) in [4.78, 5) is 48.0. The van der Waals surface area contributed by atoms with Gasteiger partial charge in [-0.1, -0.05) is 0 Å². The van der Waals surface area contributed by atoms with Crippen molar-refractivity contribution in [3.8, 4) is 0 Å². The van der Waals surface area contributed by atoms with Crippen LogP contribution in [0.5, 0.6) is 0 Å². The van der Waals surface area contributed by atoms with Gasteiger partial charge in [0.15, 0.2) is 35.4 Å². The van der Waals surface area contributed by atoms with Crippen molar-refractivity contribution < 1.29 is 38.1 Å². The van der Waals surface area contributed by atoms with Crippen LogP contribution in [0.3, 0.4) is 0 Å². The van der Waals surface area contributed by atoms with Gasteiger partial charge < -0.3 is 29.0 Å². The van der Waals surface area contributed by atoms with Crippen LogP contribution in [-0.4, -0.2) is 81.6 Å². The molecule has 2 aliphatic heterocycles. The Morgan fingerprint density at radius 2 is 1.85 bits per heavy atom. The molecular formula is C20H25N5O8. The van der Waals surface area contributed by atoms with E-state index in [4.69, 9.17) is 23.7 Å². The van der Waals surface area contributed by atoms with Gasteiger partial charge in [-0.05, 0) is 6.42 Å². The summed E-state index contributed by atoms with van der Waals surface area (Å²) in [6.07, 6.45) is -0.151. The average Bonchev–Trinajstić information content (AvgIpc) is 3.47. The van der Waals surface area contributed by atoms with E-state index >= 15 is 0 Å². The first kappa shape index (κ1) is 22.9. The molecule has 0 bridgehead atoms. The summed E-state index contributed by atoms with van der Waals surface area (Å²) >= 11 is 0. The summed E-state index contributed by atoms with van der Waals surface area (Å²) in [5.41, 5.74) is 0.908. The molecule has 33 heavy (non-hydrogen) atoms. The highest BCUT2D eigenvalue weighted by Crippen LogP contribution is 2.36. The number of rotatable bonds is 7. The Morgan fingerprint density at radius 3 is 2.52 bits per heavy atom. The van der Waals surface area contributed by atoms with E-state index in [2.05, 4.69) is 20.3 Å². The molecule has 2 aromatic rings. The molecule has 0 radical (unpaired) electrons. The van der Waals surface area contributed by atoms with E-state index in [-0.39, 0.29) is 12.6 Å². The largest absolute Gasteiger partial charge is 0.463 e. The highest BCUT2D eigenvalue weighted by atomic mass is 16.7. The van der Waals surface area contributed by atoms with E-state index in [1.54, 1.807) is 4.57 Å². The Hall–Kier alpha value is -3.32. The fraction of sp³-hybridized carbons (Fsp3) is 0.600. The maximum Gasteiger partial charge on any atom is 0.303 e. The Balaban J connectivity index is 1.68. The van der Waals surface area contributed by atoms with E-state index in [1.165, 1.54) is 33.4 Å². The zero-order valence-electron chi connectivity index (χ0n) is 18.4. The maximum absolute atomic E-state index is 11.9. The predicted molar refractivity (Wildman–Crippen MR) is 110 cm³/mol. The Labute approximate surface area is 188 Å². The minimum absolute atomic E-state index is 0.103. The molecular weight excluding hydrogens is 438 g/mol. The third-order valence-corrected chi connectivity index (χ3v) is 5.24. The molecule has 5 atom stereocenters. The molecule has 178 valence electrons. The van der Waals surface area contributed by atoms with Gasteiger partial charge in [0, 0.05) is 27.4 Å². The molecule has 1 N–H and O–H groups in total. The van der Waals surface area contributed by atoms with E-state index < -0.39 is 42.4 Å². The number of aromatic nitrogens is 4. The average molecular weight is 463 g/mol. The Kier molecular flexibility index (Phi) is 6.70. The number of ether oxygens (including phenoxy) is 5. The third-order valence-electron chi connectivity index (χ3n) is 5.24. The standard InChI is InChI=1S/C20H25N5O8/c1-10(26)30-7-14-16(31-11(2)27)17(32-12(3)28)20(33-14)25-9-23-15-18(21-8-22-19(15)25)24-13-4-5-29-6-13/h8-9,13-14,16-17,20H,4-7H2,1-3H3,(H,21,22,24). The SMILES string of the molecule is CC(=O)OCC1OC(n2cnc3c(NC4CCOC4)ncnc32)C(OC(C)=O)C1OC(C)=O. The molecule has 0 aromatic carbocycles. The number of hydrogen-bond acceptors (Lipinski definition) is 12. The normalized spacial score (nSPS) is 26.8. The number of esters is 3. The van der Waals surface area contributed by atoms with Gasteiger partial charge in [0.05, 0.1) is 19.0 Å². The Morgan fingerprint density at radius 1 is 1.09 bits per heavy atom. The number of carbonyl (C=O) groups is 3. The van der Waals surface area contributed by atoms with Crippen LogP contribution >= 0.6 is 0 Å². The predicted octanol–water partition coefficient (Wildman–Crippen LogP) is 0.351. The first-order valence-electron chi connectivity index (χ1n) is 10.5. The lowest BCUT2D eigenvalue weighted by Gasteiger charge is -2.23. The summed E-state index contributed by atoms with van der Waals surface area (Å²) in [7, 11) is 0. The fourth-order valence-electron chi connectivity index (χ4n) is 3.90. The van der Waals surface area contributed by atoms with Crippen molar-refractivity contribution in [1.29, 1.82) is 0 Å². The molecule has 0 saturated carbocycles. The monoisotopic (exact) mass is 463 g/mol. The molecule has 2 aromatic heterocycles. The second-order valence-corrected chi connectivity index (χ2v) is 7.77. The zero-order chi connectivity index (χ0) is 23.5. The lowest BCUT2D eigenvalue weighted by atomic mass is 10.1. The van der Waals surface area contributed by atoms with Crippen LogP contribution < -0.4 is 5.32 Å². The number of nitrogens with zero attached hydrogens (tertiary/aromatic N) is 4. The molecule has 0 amide bonds. The van der Waals surface area contributed by atoms with Crippen molar-refractivity contribution in [3.05, 3.63) is 12.7 Å². The number of carbonyl (C=O) groups excluding carboxylic acids is 3. The summed E-state index contributed by atoms with van der Waals surface area (Å²) in [6, 6.07) is 0.103. The lowest BCUT2D eigenvalue weighted by Crippen LogP contribution is -2.40.